The third-order valence-corrected chi connectivity index (χ3v) is 3.61. The second kappa shape index (κ2) is 3.62. The molecule has 11 heavy (non-hydrogen) atoms. The summed E-state index contributed by atoms with van der Waals surface area (Å²) < 4.78 is 13.9. The Bertz CT molecular complexity index is 277. The molecule has 0 spiro atoms. The molecular formula is C7H3BrFIO. The summed E-state index contributed by atoms with van der Waals surface area (Å²) in [6.07, 6.45) is 0.615. The van der Waals surface area contributed by atoms with Crippen LogP contribution in [0.15, 0.2) is 16.6 Å². The summed E-state index contributed by atoms with van der Waals surface area (Å²) in [5.74, 6) is -0.373. The fourth-order valence-corrected chi connectivity index (χ4v) is 1.41. The largest absolute Gasteiger partial charge is 0.298 e. The Labute approximate surface area is 85.3 Å². The highest BCUT2D eigenvalue weighted by Crippen LogP contribution is 2.22. The molecule has 0 radical (unpaired) electrons. The van der Waals surface area contributed by atoms with Crippen molar-refractivity contribution in [3.8, 4) is 0 Å². The highest BCUT2D eigenvalue weighted by molar-refractivity contribution is 14.1. The van der Waals surface area contributed by atoms with Gasteiger partial charge >= 0.3 is 0 Å². The number of aldehydes is 1. The molecule has 0 saturated carbocycles. The van der Waals surface area contributed by atoms with Crippen LogP contribution in [-0.2, 0) is 0 Å². The van der Waals surface area contributed by atoms with E-state index in [9.17, 15) is 9.18 Å². The van der Waals surface area contributed by atoms with E-state index in [0.717, 1.165) is 0 Å². The smallest absolute Gasteiger partial charge is 0.150 e. The minimum atomic E-state index is -0.373. The van der Waals surface area contributed by atoms with Crippen molar-refractivity contribution < 1.29 is 9.18 Å². The van der Waals surface area contributed by atoms with Crippen LogP contribution >= 0.6 is 38.5 Å². The van der Waals surface area contributed by atoms with E-state index in [1.807, 2.05) is 22.6 Å². The fourth-order valence-electron chi connectivity index (χ4n) is 0.643. The lowest BCUT2D eigenvalue weighted by molar-refractivity contribution is 0.112. The molecule has 4 heteroatoms. The molecule has 58 valence electrons. The topological polar surface area (TPSA) is 17.1 Å². The maximum absolute atomic E-state index is 12.8. The average molecular weight is 329 g/mol. The van der Waals surface area contributed by atoms with Gasteiger partial charge in [0.25, 0.3) is 0 Å². The minimum Gasteiger partial charge on any atom is -0.298 e. The first kappa shape index (κ1) is 9.12. The van der Waals surface area contributed by atoms with Crippen LogP contribution in [0.3, 0.4) is 0 Å². The molecule has 0 bridgehead atoms. The monoisotopic (exact) mass is 328 g/mol. The Morgan fingerprint density at radius 2 is 2.18 bits per heavy atom. The molecule has 0 aliphatic heterocycles. The van der Waals surface area contributed by atoms with Gasteiger partial charge in [0.1, 0.15) is 12.1 Å². The quantitative estimate of drug-likeness (QED) is 0.440. The normalized spacial score (nSPS) is 9.73. The van der Waals surface area contributed by atoms with E-state index in [-0.39, 0.29) is 5.82 Å². The molecule has 1 aromatic rings. The van der Waals surface area contributed by atoms with Crippen LogP contribution in [0.25, 0.3) is 0 Å². The van der Waals surface area contributed by atoms with Gasteiger partial charge in [-0.3, -0.25) is 4.79 Å². The summed E-state index contributed by atoms with van der Waals surface area (Å²) in [5.41, 5.74) is 0.342. The molecule has 0 unspecified atom stereocenters. The Morgan fingerprint density at radius 3 is 2.64 bits per heavy atom. The van der Waals surface area contributed by atoms with E-state index in [2.05, 4.69) is 15.9 Å². The van der Waals surface area contributed by atoms with E-state index in [1.54, 1.807) is 6.07 Å². The van der Waals surface area contributed by atoms with Gasteiger partial charge in [-0.15, -0.1) is 0 Å². The van der Waals surface area contributed by atoms with Gasteiger partial charge in [0.2, 0.25) is 0 Å². The number of hydrogen-bond acceptors (Lipinski definition) is 1. The van der Waals surface area contributed by atoms with Crippen molar-refractivity contribution in [2.75, 3.05) is 0 Å². The van der Waals surface area contributed by atoms with Crippen molar-refractivity contribution in [2.45, 2.75) is 0 Å². The van der Waals surface area contributed by atoms with Gasteiger partial charge in [-0.1, -0.05) is 0 Å². The Morgan fingerprint density at radius 1 is 1.55 bits per heavy atom. The third kappa shape index (κ3) is 1.99. The number of rotatable bonds is 1. The van der Waals surface area contributed by atoms with Crippen molar-refractivity contribution in [2.24, 2.45) is 0 Å². The maximum atomic E-state index is 12.8. The van der Waals surface area contributed by atoms with Crippen molar-refractivity contribution in [3.05, 3.63) is 31.6 Å². The van der Waals surface area contributed by atoms with Gasteiger partial charge < -0.3 is 0 Å². The fraction of sp³-hybridized carbons (Fsp3) is 0. The van der Waals surface area contributed by atoms with Gasteiger partial charge in [0.05, 0.1) is 3.57 Å². The summed E-state index contributed by atoms with van der Waals surface area (Å²) in [6, 6.07) is 2.79. The molecule has 0 amide bonds. The van der Waals surface area contributed by atoms with E-state index >= 15 is 0 Å². The first-order valence-corrected chi connectivity index (χ1v) is 4.62. The Hall–Kier alpha value is 0.0300. The van der Waals surface area contributed by atoms with Gasteiger partial charge in [-0.2, -0.15) is 0 Å². The van der Waals surface area contributed by atoms with Crippen molar-refractivity contribution >= 4 is 44.8 Å². The van der Waals surface area contributed by atoms with Gasteiger partial charge in [0, 0.05) is 10.0 Å². The highest BCUT2D eigenvalue weighted by atomic mass is 127. The minimum absolute atomic E-state index is 0.342. The van der Waals surface area contributed by atoms with Crippen molar-refractivity contribution in [1.29, 1.82) is 0 Å². The van der Waals surface area contributed by atoms with E-state index < -0.39 is 0 Å². The summed E-state index contributed by atoms with van der Waals surface area (Å²) in [6.45, 7) is 0. The van der Waals surface area contributed by atoms with Crippen LogP contribution in [0.4, 0.5) is 4.39 Å². The molecule has 0 aromatic heterocycles. The molecule has 0 aliphatic rings. The van der Waals surface area contributed by atoms with Gasteiger partial charge in [0.15, 0.2) is 0 Å². The molecule has 0 fully saturated rings. The summed E-state index contributed by atoms with van der Waals surface area (Å²) in [4.78, 5) is 10.2. The SMILES string of the molecule is O=Cc1cc(F)c(I)c(Br)c1. The predicted octanol–water partition coefficient (Wildman–Crippen LogP) is 3.01. The summed E-state index contributed by atoms with van der Waals surface area (Å²) in [5, 5.41) is 0. The van der Waals surface area contributed by atoms with Crippen LogP contribution in [0.5, 0.6) is 0 Å². The van der Waals surface area contributed by atoms with Crippen molar-refractivity contribution in [3.63, 3.8) is 0 Å². The standard InChI is InChI=1S/C7H3BrFIO/c8-5-1-4(3-11)2-6(9)7(5)10/h1-3H. The second-order valence-electron chi connectivity index (χ2n) is 1.92. The number of carbonyl (C=O) groups excluding carboxylic acids is 1. The van der Waals surface area contributed by atoms with Gasteiger partial charge in [-0.05, 0) is 50.7 Å². The number of benzene rings is 1. The predicted molar refractivity (Wildman–Crippen MR) is 52.2 cm³/mol. The van der Waals surface area contributed by atoms with E-state index in [1.165, 1.54) is 6.07 Å². The van der Waals surface area contributed by atoms with Crippen LogP contribution in [0, 0.1) is 9.39 Å². The van der Waals surface area contributed by atoms with Crippen LogP contribution in [0.2, 0.25) is 0 Å². The van der Waals surface area contributed by atoms with Crippen LogP contribution in [-0.4, -0.2) is 6.29 Å². The third-order valence-electron chi connectivity index (χ3n) is 1.14. The second-order valence-corrected chi connectivity index (χ2v) is 3.85. The lowest BCUT2D eigenvalue weighted by Gasteiger charge is -1.98. The Kier molecular flexibility index (Phi) is 3.00. The zero-order valence-corrected chi connectivity index (χ0v) is 9.02. The van der Waals surface area contributed by atoms with Gasteiger partial charge in [-0.25, -0.2) is 4.39 Å². The first-order chi connectivity index (χ1) is 5.15. The number of carbonyl (C=O) groups is 1. The van der Waals surface area contributed by atoms with E-state index in [4.69, 9.17) is 0 Å². The molecule has 0 aliphatic carbocycles. The van der Waals surface area contributed by atoms with E-state index in [0.29, 0.717) is 19.9 Å². The zero-order chi connectivity index (χ0) is 8.43. The zero-order valence-electron chi connectivity index (χ0n) is 5.27. The number of hydrogen-bond donors (Lipinski definition) is 0. The van der Waals surface area contributed by atoms with Crippen LogP contribution in [0.1, 0.15) is 10.4 Å². The molecular weight excluding hydrogens is 326 g/mol. The lowest BCUT2D eigenvalue weighted by Crippen LogP contribution is -1.87. The lowest BCUT2D eigenvalue weighted by atomic mass is 10.2. The summed E-state index contributed by atoms with van der Waals surface area (Å²) in [7, 11) is 0. The molecule has 0 heterocycles. The molecule has 1 rings (SSSR count). The molecule has 0 saturated heterocycles. The summed E-state index contributed by atoms with van der Waals surface area (Å²) >= 11 is 5.00. The van der Waals surface area contributed by atoms with Crippen molar-refractivity contribution in [1.82, 2.24) is 0 Å². The number of halogens is 3. The Balaban J connectivity index is 3.31. The molecule has 0 N–H and O–H groups in total. The first-order valence-electron chi connectivity index (χ1n) is 2.75. The maximum Gasteiger partial charge on any atom is 0.150 e. The molecule has 0 atom stereocenters. The van der Waals surface area contributed by atoms with Crippen LogP contribution < -0.4 is 0 Å². The highest BCUT2D eigenvalue weighted by Gasteiger charge is 2.04. The molecule has 1 aromatic carbocycles. The average Bonchev–Trinajstić information content (AvgIpc) is 1.99. The molecule has 1 nitrogen and oxygen atoms in total.